The van der Waals surface area contributed by atoms with Crippen LogP contribution < -0.4 is 15.4 Å². The van der Waals surface area contributed by atoms with Crippen molar-refractivity contribution in [1.29, 1.82) is 5.26 Å². The number of nitriles is 1. The predicted molar refractivity (Wildman–Crippen MR) is 161 cm³/mol. The monoisotopic (exact) mass is 677 g/mol. The second-order valence-electron chi connectivity index (χ2n) is 9.75. The van der Waals surface area contributed by atoms with Crippen LogP contribution in [0.3, 0.4) is 0 Å². The van der Waals surface area contributed by atoms with E-state index in [4.69, 9.17) is 37.2 Å². The third kappa shape index (κ3) is 11.7. The molecule has 0 bridgehead atoms. The minimum atomic E-state index is -4.00. The van der Waals surface area contributed by atoms with Crippen molar-refractivity contribution in [3.05, 3.63) is 52.0 Å². The van der Waals surface area contributed by atoms with Crippen LogP contribution in [-0.4, -0.2) is 101 Å². The highest BCUT2D eigenvalue weighted by atomic mass is 35.5. The van der Waals surface area contributed by atoms with Crippen molar-refractivity contribution in [2.24, 2.45) is 0 Å². The Morgan fingerprint density at radius 2 is 1.67 bits per heavy atom. The molecule has 0 radical (unpaired) electrons. The van der Waals surface area contributed by atoms with Crippen molar-refractivity contribution in [2.45, 2.75) is 23.8 Å². The quantitative estimate of drug-likeness (QED) is 0.352. The van der Waals surface area contributed by atoms with Gasteiger partial charge in [-0.1, -0.05) is 23.2 Å². The maximum Gasteiger partial charge on any atom is 0.315 e. The molecule has 13 nitrogen and oxygen atoms in total. The lowest BCUT2D eigenvalue weighted by atomic mass is 10.1. The normalized spacial score (nSPS) is 16.8. The first-order valence-corrected chi connectivity index (χ1v) is 17.2. The molecular formula is C26H33Cl2N5O8S2. The summed E-state index contributed by atoms with van der Waals surface area (Å²) < 4.78 is 65.6. The molecule has 2 saturated heterocycles. The molecule has 2 amide bonds. The highest BCUT2D eigenvalue weighted by Crippen LogP contribution is 2.35. The number of urea groups is 1. The summed E-state index contributed by atoms with van der Waals surface area (Å²) in [6.45, 7) is 4.81. The second kappa shape index (κ2) is 15.9. The third-order valence-corrected chi connectivity index (χ3v) is 8.72. The van der Waals surface area contributed by atoms with E-state index in [-0.39, 0.29) is 47.1 Å². The van der Waals surface area contributed by atoms with E-state index in [1.807, 2.05) is 6.07 Å². The van der Waals surface area contributed by atoms with Gasteiger partial charge in [0, 0.05) is 55.4 Å². The minimum absolute atomic E-state index is 0.0576. The Morgan fingerprint density at radius 3 is 2.26 bits per heavy atom. The van der Waals surface area contributed by atoms with Crippen LogP contribution in [0.5, 0.6) is 11.5 Å². The third-order valence-electron chi connectivity index (χ3n) is 6.36. The summed E-state index contributed by atoms with van der Waals surface area (Å²) in [6.07, 6.45) is 1.62. The number of rotatable bonds is 8. The molecule has 2 aliphatic rings. The van der Waals surface area contributed by atoms with E-state index in [0.717, 1.165) is 19.6 Å². The summed E-state index contributed by atoms with van der Waals surface area (Å²) in [6, 6.07) is 10.3. The molecule has 2 heterocycles. The fraction of sp³-hybridized carbons (Fsp3) is 0.462. The molecule has 0 spiro atoms. The highest BCUT2D eigenvalue weighted by molar-refractivity contribution is 7.89. The van der Waals surface area contributed by atoms with Crippen molar-refractivity contribution in [2.75, 3.05) is 58.7 Å². The van der Waals surface area contributed by atoms with Crippen LogP contribution in [0.4, 0.5) is 4.79 Å². The van der Waals surface area contributed by atoms with Gasteiger partial charge in [0.05, 0.1) is 31.1 Å². The Bertz CT molecular complexity index is 1490. The average molecular weight is 679 g/mol. The molecule has 0 unspecified atom stereocenters. The number of sulfonamides is 1. The molecule has 43 heavy (non-hydrogen) atoms. The number of nitrogens with one attached hydrogen (secondary N) is 2. The van der Waals surface area contributed by atoms with Gasteiger partial charge in [0.25, 0.3) is 10.1 Å². The zero-order valence-corrected chi connectivity index (χ0v) is 26.5. The van der Waals surface area contributed by atoms with Crippen LogP contribution in [0.25, 0.3) is 0 Å². The zero-order chi connectivity index (χ0) is 31.6. The van der Waals surface area contributed by atoms with E-state index < -0.39 is 20.1 Å². The lowest BCUT2D eigenvalue weighted by molar-refractivity contribution is 0.0387. The average Bonchev–Trinajstić information content (AvgIpc) is 2.92. The van der Waals surface area contributed by atoms with Gasteiger partial charge in [-0.05, 0) is 49.2 Å². The van der Waals surface area contributed by atoms with Crippen molar-refractivity contribution < 1.29 is 35.7 Å². The van der Waals surface area contributed by atoms with Gasteiger partial charge in [-0.15, -0.1) is 0 Å². The van der Waals surface area contributed by atoms with E-state index in [1.165, 1.54) is 40.7 Å². The Labute approximate surface area is 261 Å². The number of carbonyl (C=O) groups excluding carboxylic acids is 1. The summed E-state index contributed by atoms with van der Waals surface area (Å²) in [4.78, 5) is 14.4. The van der Waals surface area contributed by atoms with E-state index in [0.29, 0.717) is 48.9 Å². The van der Waals surface area contributed by atoms with Gasteiger partial charge in [0.1, 0.15) is 16.4 Å². The maximum atomic E-state index is 13.6. The largest absolute Gasteiger partial charge is 0.456 e. The van der Waals surface area contributed by atoms with Gasteiger partial charge in [0.2, 0.25) is 10.0 Å². The predicted octanol–water partition coefficient (Wildman–Crippen LogP) is 2.95. The minimum Gasteiger partial charge on any atom is -0.456 e. The number of amides is 2. The number of piperidine rings is 1. The number of ether oxygens (including phenoxy) is 2. The Kier molecular flexibility index (Phi) is 12.8. The number of morpholine rings is 1. The number of benzene rings is 2. The van der Waals surface area contributed by atoms with Crippen molar-refractivity contribution >= 4 is 49.4 Å². The van der Waals surface area contributed by atoms with Crippen LogP contribution in [0.15, 0.2) is 41.3 Å². The fourth-order valence-corrected chi connectivity index (χ4v) is 6.46. The summed E-state index contributed by atoms with van der Waals surface area (Å²) in [5.41, 5.74) is 0.186. The molecule has 2 fully saturated rings. The second-order valence-corrected chi connectivity index (χ2v) is 14.0. The maximum absolute atomic E-state index is 13.6. The number of carbonyl (C=O) groups is 1. The van der Waals surface area contributed by atoms with E-state index in [2.05, 4.69) is 15.5 Å². The van der Waals surface area contributed by atoms with Gasteiger partial charge in [-0.2, -0.15) is 18.0 Å². The van der Waals surface area contributed by atoms with Crippen molar-refractivity contribution in [3.63, 3.8) is 0 Å². The first-order valence-electron chi connectivity index (χ1n) is 13.2. The molecule has 236 valence electrons. The topological polar surface area (TPSA) is 178 Å². The lowest BCUT2D eigenvalue weighted by Gasteiger charge is -2.32. The molecule has 2 aromatic rings. The smallest absolute Gasteiger partial charge is 0.315 e. The molecular weight excluding hydrogens is 645 g/mol. The van der Waals surface area contributed by atoms with Crippen LogP contribution >= 0.6 is 23.2 Å². The van der Waals surface area contributed by atoms with Crippen molar-refractivity contribution in [1.82, 2.24) is 19.8 Å². The number of hydrogen-bond acceptors (Lipinski definition) is 9. The molecule has 2 aliphatic heterocycles. The molecule has 3 N–H and O–H groups in total. The van der Waals surface area contributed by atoms with Crippen molar-refractivity contribution in [3.8, 4) is 17.6 Å². The van der Waals surface area contributed by atoms with Gasteiger partial charge in [-0.3, -0.25) is 9.45 Å². The number of nitrogens with zero attached hydrogens (tertiary/aromatic N) is 3. The first-order chi connectivity index (χ1) is 20.2. The summed E-state index contributed by atoms with van der Waals surface area (Å²) in [7, 11) is -7.66. The van der Waals surface area contributed by atoms with E-state index >= 15 is 0 Å². The molecule has 0 saturated carbocycles. The van der Waals surface area contributed by atoms with Crippen LogP contribution in [0.2, 0.25) is 10.0 Å². The SMILES string of the molecule is CS(=O)(=O)O.N#Cc1ccc(Oc2cc(Cl)cc(Cl)c2)c(S(=O)(=O)N2CCC(NC(=O)NCCN3CCOCC3)CC2)c1. The molecule has 0 aliphatic carbocycles. The van der Waals surface area contributed by atoms with E-state index in [9.17, 15) is 26.9 Å². The molecule has 4 rings (SSSR count). The molecule has 0 aromatic heterocycles. The fourth-order valence-electron chi connectivity index (χ4n) is 4.35. The zero-order valence-electron chi connectivity index (χ0n) is 23.3. The van der Waals surface area contributed by atoms with Gasteiger partial charge in [0.15, 0.2) is 0 Å². The van der Waals surface area contributed by atoms with Gasteiger partial charge < -0.3 is 20.1 Å². The Hall–Kier alpha value is -2.68. The van der Waals surface area contributed by atoms with Crippen LogP contribution in [0.1, 0.15) is 18.4 Å². The summed E-state index contributed by atoms with van der Waals surface area (Å²) >= 11 is 12.1. The standard InChI is InChI=1S/C25H29Cl2N5O5S.CH4O3S/c26-19-14-20(27)16-22(15-19)37-23-2-1-18(17-28)13-24(23)38(34,35)32-6-3-21(4-7-32)30-25(33)29-5-8-31-9-11-36-12-10-31;1-5(2,3)4/h1-2,13-16,21H,3-12H2,(H2,29,30,33);1H3,(H,2,3,4). The Balaban J connectivity index is 0.000000934. The summed E-state index contributed by atoms with van der Waals surface area (Å²) in [5, 5.41) is 15.8. The van der Waals surface area contributed by atoms with Gasteiger partial charge in [-0.25, -0.2) is 13.2 Å². The van der Waals surface area contributed by atoms with Gasteiger partial charge >= 0.3 is 6.03 Å². The van der Waals surface area contributed by atoms with E-state index in [1.54, 1.807) is 0 Å². The van der Waals surface area contributed by atoms with Crippen LogP contribution in [0, 0.1) is 11.3 Å². The summed E-state index contributed by atoms with van der Waals surface area (Å²) in [5.74, 6) is 0.327. The molecule has 17 heteroatoms. The number of halogens is 2. The highest BCUT2D eigenvalue weighted by Gasteiger charge is 2.32. The lowest BCUT2D eigenvalue weighted by Crippen LogP contribution is -2.50. The first kappa shape index (κ1) is 34.8. The Morgan fingerprint density at radius 1 is 1.07 bits per heavy atom. The molecule has 2 aromatic carbocycles. The van der Waals surface area contributed by atoms with Crippen LogP contribution in [-0.2, 0) is 24.9 Å². The number of hydrogen-bond donors (Lipinski definition) is 3. The molecule has 0 atom stereocenters.